The Hall–Kier alpha value is -1.28. The van der Waals surface area contributed by atoms with Crippen molar-refractivity contribution in [3.63, 3.8) is 0 Å². The van der Waals surface area contributed by atoms with Crippen molar-refractivity contribution in [3.05, 3.63) is 32.5 Å². The van der Waals surface area contributed by atoms with Crippen molar-refractivity contribution in [2.45, 2.75) is 13.3 Å². The van der Waals surface area contributed by atoms with E-state index in [2.05, 4.69) is 39.6 Å². The third kappa shape index (κ3) is 1.98. The van der Waals surface area contributed by atoms with Crippen LogP contribution in [0.15, 0.2) is 18.2 Å². The summed E-state index contributed by atoms with van der Waals surface area (Å²) in [6.07, 6.45) is 0.814. The second-order valence-electron chi connectivity index (χ2n) is 4.50. The van der Waals surface area contributed by atoms with E-state index in [4.69, 9.17) is 17.3 Å². The Kier molecular flexibility index (Phi) is 3.37. The molecule has 0 unspecified atom stereocenters. The third-order valence-electron chi connectivity index (χ3n) is 3.22. The average molecular weight is 402 g/mol. The number of halogens is 2. The maximum atomic E-state index is 6.35. The normalized spacial score (nSPS) is 11.4. The summed E-state index contributed by atoms with van der Waals surface area (Å²) < 4.78 is 4.72. The van der Waals surface area contributed by atoms with Gasteiger partial charge in [0.05, 0.1) is 16.4 Å². The molecule has 5 nitrogen and oxygen atoms in total. The fourth-order valence-corrected chi connectivity index (χ4v) is 3.27. The summed E-state index contributed by atoms with van der Waals surface area (Å²) in [5, 5.41) is 5.12. The van der Waals surface area contributed by atoms with E-state index in [1.807, 2.05) is 29.8 Å². The largest absolute Gasteiger partial charge is 0.369 e. The number of hydrogen-bond donors (Lipinski definition) is 1. The number of nitrogens with zero attached hydrogens (tertiary/aromatic N) is 4. The zero-order valence-corrected chi connectivity index (χ0v) is 14.0. The molecule has 0 fully saturated rings. The van der Waals surface area contributed by atoms with Gasteiger partial charge >= 0.3 is 0 Å². The predicted octanol–water partition coefficient (Wildman–Crippen LogP) is 3.16. The highest BCUT2D eigenvalue weighted by molar-refractivity contribution is 14.1. The van der Waals surface area contributed by atoms with Gasteiger partial charge in [0.1, 0.15) is 5.52 Å². The maximum Gasteiger partial charge on any atom is 0.207 e. The van der Waals surface area contributed by atoms with E-state index in [-0.39, 0.29) is 0 Å². The number of nitrogen functional groups attached to an aromatic ring is 1. The molecule has 0 amide bonds. The monoisotopic (exact) mass is 401 g/mol. The lowest BCUT2D eigenvalue weighted by Gasteiger charge is -2.09. The number of fused-ring (bicyclic) bond motifs is 1. The quantitative estimate of drug-likeness (QED) is 0.671. The fraction of sp³-hybridized carbons (Fsp3) is 0.231. The summed E-state index contributed by atoms with van der Waals surface area (Å²) >= 11 is 8.57. The molecule has 7 heteroatoms. The van der Waals surface area contributed by atoms with Gasteiger partial charge in [-0.1, -0.05) is 18.5 Å². The molecule has 104 valence electrons. The molecule has 0 radical (unpaired) electrons. The van der Waals surface area contributed by atoms with Crippen LogP contribution in [0, 0.1) is 3.57 Å². The smallest absolute Gasteiger partial charge is 0.207 e. The molecule has 3 rings (SSSR count). The van der Waals surface area contributed by atoms with Crippen LogP contribution in [0.1, 0.15) is 12.6 Å². The van der Waals surface area contributed by atoms with Crippen molar-refractivity contribution in [2.24, 2.45) is 7.05 Å². The molecule has 0 aliphatic carbocycles. The van der Waals surface area contributed by atoms with Crippen molar-refractivity contribution < 1.29 is 0 Å². The van der Waals surface area contributed by atoms with Crippen molar-refractivity contribution >= 4 is 51.3 Å². The van der Waals surface area contributed by atoms with Crippen LogP contribution in [-0.2, 0) is 13.5 Å². The Morgan fingerprint density at radius 2 is 2.15 bits per heavy atom. The number of anilines is 1. The van der Waals surface area contributed by atoms with Gasteiger partial charge in [-0.15, -0.1) is 0 Å². The highest BCUT2D eigenvalue weighted by Gasteiger charge is 2.19. The summed E-state index contributed by atoms with van der Waals surface area (Å²) in [6.45, 7) is 2.05. The minimum atomic E-state index is 0.422. The minimum Gasteiger partial charge on any atom is -0.369 e. The Morgan fingerprint density at radius 1 is 1.40 bits per heavy atom. The molecular formula is C13H13ClIN5. The first-order chi connectivity index (χ1) is 9.52. The summed E-state index contributed by atoms with van der Waals surface area (Å²) in [6, 6.07) is 5.84. The predicted molar refractivity (Wildman–Crippen MR) is 89.4 cm³/mol. The average Bonchev–Trinajstić information content (AvgIpc) is 2.87. The van der Waals surface area contributed by atoms with Crippen molar-refractivity contribution in [2.75, 3.05) is 5.73 Å². The number of hydrogen-bond acceptors (Lipinski definition) is 3. The van der Waals surface area contributed by atoms with Crippen LogP contribution in [0.2, 0.25) is 5.02 Å². The van der Waals surface area contributed by atoms with E-state index in [1.54, 1.807) is 4.68 Å². The summed E-state index contributed by atoms with van der Waals surface area (Å²) in [7, 11) is 1.89. The second-order valence-corrected chi connectivity index (χ2v) is 6.15. The number of nitrogens with two attached hydrogens (primary N) is 1. The molecular weight excluding hydrogens is 389 g/mol. The molecule has 0 aliphatic heterocycles. The fourth-order valence-electron chi connectivity index (χ4n) is 2.33. The maximum absolute atomic E-state index is 6.35. The van der Waals surface area contributed by atoms with Gasteiger partial charge in [-0.3, -0.25) is 4.57 Å². The van der Waals surface area contributed by atoms with Gasteiger partial charge in [0.15, 0.2) is 5.65 Å². The molecule has 0 saturated carbocycles. The van der Waals surface area contributed by atoms with E-state index in [9.17, 15) is 0 Å². The Balaban J connectivity index is 2.36. The topological polar surface area (TPSA) is 61.7 Å². The third-order valence-corrected chi connectivity index (χ3v) is 4.19. The van der Waals surface area contributed by atoms with E-state index in [1.165, 1.54) is 0 Å². The van der Waals surface area contributed by atoms with Crippen molar-refractivity contribution in [1.29, 1.82) is 0 Å². The molecule has 3 aromatic rings. The molecule has 2 N–H and O–H groups in total. The van der Waals surface area contributed by atoms with E-state index in [0.717, 1.165) is 32.5 Å². The van der Waals surface area contributed by atoms with Gasteiger partial charge in [0.25, 0.3) is 0 Å². The first-order valence-corrected chi connectivity index (χ1v) is 7.63. The first-order valence-electron chi connectivity index (χ1n) is 6.18. The van der Waals surface area contributed by atoms with Crippen LogP contribution in [0.25, 0.3) is 16.9 Å². The molecule has 0 atom stereocenters. The van der Waals surface area contributed by atoms with Crippen LogP contribution >= 0.6 is 34.2 Å². The molecule has 1 aromatic carbocycles. The number of rotatable bonds is 2. The highest BCUT2D eigenvalue weighted by Crippen LogP contribution is 2.30. The van der Waals surface area contributed by atoms with Gasteiger partial charge in [-0.25, -0.2) is 9.67 Å². The minimum absolute atomic E-state index is 0.422. The second kappa shape index (κ2) is 4.92. The van der Waals surface area contributed by atoms with Crippen molar-refractivity contribution in [3.8, 4) is 5.69 Å². The first kappa shape index (κ1) is 13.7. The van der Waals surface area contributed by atoms with Gasteiger partial charge in [-0.2, -0.15) is 5.10 Å². The van der Waals surface area contributed by atoms with E-state index >= 15 is 0 Å². The van der Waals surface area contributed by atoms with Crippen LogP contribution in [0.3, 0.4) is 0 Å². The number of benzene rings is 1. The van der Waals surface area contributed by atoms with Crippen molar-refractivity contribution in [1.82, 2.24) is 19.3 Å². The summed E-state index contributed by atoms with van der Waals surface area (Å²) in [5.74, 6) is 0.422. The molecule has 0 aliphatic rings. The standard InChI is InChI=1S/C13H13ClIN5/c1-3-9-11-12(19(2)18-9)20(13(16)17-11)10-5-4-7(15)6-8(10)14/h4-6H,3H2,1-2H3,(H2,16,17). The molecule has 0 bridgehead atoms. The summed E-state index contributed by atoms with van der Waals surface area (Å²) in [4.78, 5) is 4.44. The Morgan fingerprint density at radius 3 is 2.80 bits per heavy atom. The zero-order valence-electron chi connectivity index (χ0n) is 11.1. The number of aromatic nitrogens is 4. The SMILES string of the molecule is CCc1nn(C)c2c1nc(N)n2-c1ccc(I)cc1Cl. The van der Waals surface area contributed by atoms with Gasteiger partial charge in [0, 0.05) is 10.6 Å². The summed E-state index contributed by atoms with van der Waals surface area (Å²) in [5.41, 5.74) is 9.53. The van der Waals surface area contributed by atoms with E-state index < -0.39 is 0 Å². The molecule has 0 spiro atoms. The highest BCUT2D eigenvalue weighted by atomic mass is 127. The number of aryl methyl sites for hydroxylation is 2. The lowest BCUT2D eigenvalue weighted by molar-refractivity contribution is 0.751. The lowest BCUT2D eigenvalue weighted by atomic mass is 10.3. The molecule has 2 aromatic heterocycles. The molecule has 2 heterocycles. The Bertz CT molecular complexity index is 805. The van der Waals surface area contributed by atoms with Crippen LogP contribution in [0.4, 0.5) is 5.95 Å². The Labute approximate surface area is 134 Å². The molecule has 0 saturated heterocycles. The van der Waals surface area contributed by atoms with Crippen LogP contribution in [0.5, 0.6) is 0 Å². The van der Waals surface area contributed by atoms with Crippen LogP contribution in [-0.4, -0.2) is 19.3 Å². The molecule has 20 heavy (non-hydrogen) atoms. The van der Waals surface area contributed by atoms with Gasteiger partial charge in [0.2, 0.25) is 5.95 Å². The zero-order chi connectivity index (χ0) is 14.4. The van der Waals surface area contributed by atoms with Gasteiger partial charge in [-0.05, 0) is 47.2 Å². The van der Waals surface area contributed by atoms with Crippen LogP contribution < -0.4 is 5.73 Å². The van der Waals surface area contributed by atoms with Gasteiger partial charge < -0.3 is 5.73 Å². The lowest BCUT2D eigenvalue weighted by Crippen LogP contribution is -2.05. The number of imidazole rings is 1. The van der Waals surface area contributed by atoms with E-state index in [0.29, 0.717) is 11.0 Å².